The van der Waals surface area contributed by atoms with E-state index in [0.717, 1.165) is 12.2 Å². The Kier molecular flexibility index (Phi) is 3.72. The van der Waals surface area contributed by atoms with E-state index in [0.29, 0.717) is 23.8 Å². The highest BCUT2D eigenvalue weighted by Crippen LogP contribution is 2.28. The molecule has 0 aliphatic heterocycles. The van der Waals surface area contributed by atoms with Crippen molar-refractivity contribution < 1.29 is 9.47 Å². The Morgan fingerprint density at radius 2 is 2.17 bits per heavy atom. The molecule has 0 aliphatic rings. The molecule has 0 aliphatic carbocycles. The molecule has 2 aromatic rings. The average Bonchev–Trinajstić information content (AvgIpc) is 2.77. The molecule has 0 radical (unpaired) electrons. The summed E-state index contributed by atoms with van der Waals surface area (Å²) in [6.07, 6.45) is 4.44. The van der Waals surface area contributed by atoms with E-state index in [1.807, 2.05) is 23.9 Å². The van der Waals surface area contributed by atoms with Crippen LogP contribution in [0.2, 0.25) is 0 Å². The van der Waals surface area contributed by atoms with E-state index in [9.17, 15) is 0 Å². The van der Waals surface area contributed by atoms with Crippen molar-refractivity contribution in [3.8, 4) is 11.5 Å². The van der Waals surface area contributed by atoms with Gasteiger partial charge in [0.25, 0.3) is 0 Å². The van der Waals surface area contributed by atoms with Crippen molar-refractivity contribution in [2.75, 3.05) is 19.5 Å². The molecule has 96 valence electrons. The van der Waals surface area contributed by atoms with Crippen molar-refractivity contribution in [2.45, 2.75) is 6.42 Å². The summed E-state index contributed by atoms with van der Waals surface area (Å²) >= 11 is 0. The van der Waals surface area contributed by atoms with Crippen molar-refractivity contribution >= 4 is 5.69 Å². The van der Waals surface area contributed by atoms with Gasteiger partial charge in [-0.3, -0.25) is 0 Å². The maximum absolute atomic E-state index is 5.68. The third kappa shape index (κ3) is 2.74. The molecule has 0 spiro atoms. The molecule has 0 atom stereocenters. The largest absolute Gasteiger partial charge is 0.493 e. The molecule has 1 heterocycles. The van der Waals surface area contributed by atoms with Crippen LogP contribution < -0.4 is 15.2 Å². The second kappa shape index (κ2) is 5.44. The predicted molar refractivity (Wildman–Crippen MR) is 69.8 cm³/mol. The van der Waals surface area contributed by atoms with Gasteiger partial charge in [-0.25, -0.2) is 4.98 Å². The molecule has 0 unspecified atom stereocenters. The fourth-order valence-electron chi connectivity index (χ4n) is 1.69. The van der Waals surface area contributed by atoms with Gasteiger partial charge in [0.05, 0.1) is 13.7 Å². The van der Waals surface area contributed by atoms with Crippen LogP contribution >= 0.6 is 0 Å². The summed E-state index contributed by atoms with van der Waals surface area (Å²) in [4.78, 5) is 4.24. The van der Waals surface area contributed by atoms with Gasteiger partial charge in [-0.1, -0.05) is 0 Å². The summed E-state index contributed by atoms with van der Waals surface area (Å²) in [5, 5.41) is 0. The van der Waals surface area contributed by atoms with Crippen LogP contribution in [0.1, 0.15) is 5.82 Å². The second-order valence-electron chi connectivity index (χ2n) is 3.96. The van der Waals surface area contributed by atoms with Crippen LogP contribution in [0.15, 0.2) is 30.6 Å². The normalized spacial score (nSPS) is 10.3. The maximum Gasteiger partial charge on any atom is 0.162 e. The van der Waals surface area contributed by atoms with Gasteiger partial charge < -0.3 is 19.8 Å². The lowest BCUT2D eigenvalue weighted by Gasteiger charge is -2.11. The number of hydrogen-bond acceptors (Lipinski definition) is 4. The number of nitrogens with zero attached hydrogens (tertiary/aromatic N) is 2. The number of methoxy groups -OCH3 is 1. The monoisotopic (exact) mass is 247 g/mol. The molecule has 5 heteroatoms. The zero-order valence-electron chi connectivity index (χ0n) is 10.6. The minimum atomic E-state index is 0.547. The van der Waals surface area contributed by atoms with E-state index in [2.05, 4.69) is 4.98 Å². The van der Waals surface area contributed by atoms with Crippen molar-refractivity contribution in [3.63, 3.8) is 0 Å². The van der Waals surface area contributed by atoms with Gasteiger partial charge in [-0.05, 0) is 12.1 Å². The summed E-state index contributed by atoms with van der Waals surface area (Å²) in [6, 6.07) is 5.35. The smallest absolute Gasteiger partial charge is 0.162 e. The molecular formula is C13H17N3O2. The van der Waals surface area contributed by atoms with Gasteiger partial charge in [0.15, 0.2) is 11.5 Å². The molecule has 2 rings (SSSR count). The van der Waals surface area contributed by atoms with E-state index < -0.39 is 0 Å². The molecule has 1 aromatic heterocycles. The van der Waals surface area contributed by atoms with E-state index in [1.165, 1.54) is 0 Å². The Bertz CT molecular complexity index is 523. The van der Waals surface area contributed by atoms with Crippen LogP contribution in [0.3, 0.4) is 0 Å². The lowest BCUT2D eigenvalue weighted by Crippen LogP contribution is -2.07. The minimum Gasteiger partial charge on any atom is -0.493 e. The number of imidazole rings is 1. The SMILES string of the molecule is COc1cc(N)ccc1OCCc1nccn1C. The summed E-state index contributed by atoms with van der Waals surface area (Å²) < 4.78 is 12.9. The number of nitrogen functional groups attached to an aromatic ring is 1. The third-order valence-corrected chi connectivity index (χ3v) is 2.69. The first kappa shape index (κ1) is 12.3. The Morgan fingerprint density at radius 3 is 2.83 bits per heavy atom. The van der Waals surface area contributed by atoms with Gasteiger partial charge in [-0.15, -0.1) is 0 Å². The van der Waals surface area contributed by atoms with Crippen LogP contribution in [0, 0.1) is 0 Å². The average molecular weight is 247 g/mol. The molecule has 5 nitrogen and oxygen atoms in total. The molecule has 0 fully saturated rings. The molecule has 0 amide bonds. The van der Waals surface area contributed by atoms with E-state index in [-0.39, 0.29) is 0 Å². The van der Waals surface area contributed by atoms with Gasteiger partial charge in [0.1, 0.15) is 5.82 Å². The van der Waals surface area contributed by atoms with E-state index >= 15 is 0 Å². The van der Waals surface area contributed by atoms with Crippen LogP contribution in [0.4, 0.5) is 5.69 Å². The predicted octanol–water partition coefficient (Wildman–Crippen LogP) is 1.63. The van der Waals surface area contributed by atoms with E-state index in [4.69, 9.17) is 15.2 Å². The minimum absolute atomic E-state index is 0.547. The molecule has 2 N–H and O–H groups in total. The van der Waals surface area contributed by atoms with Crippen molar-refractivity contribution in [3.05, 3.63) is 36.4 Å². The Morgan fingerprint density at radius 1 is 1.33 bits per heavy atom. The quantitative estimate of drug-likeness (QED) is 0.816. The zero-order chi connectivity index (χ0) is 13.0. The summed E-state index contributed by atoms with van der Waals surface area (Å²) in [6.45, 7) is 0.547. The van der Waals surface area contributed by atoms with Crippen LogP contribution in [0.25, 0.3) is 0 Å². The summed E-state index contributed by atoms with van der Waals surface area (Å²) in [7, 11) is 3.56. The Labute approximate surface area is 106 Å². The molecule has 0 saturated carbocycles. The van der Waals surface area contributed by atoms with E-state index in [1.54, 1.807) is 25.4 Å². The fraction of sp³-hybridized carbons (Fsp3) is 0.308. The number of anilines is 1. The summed E-state index contributed by atoms with van der Waals surface area (Å²) in [5.74, 6) is 2.33. The highest BCUT2D eigenvalue weighted by molar-refractivity contribution is 5.51. The Hall–Kier alpha value is -2.17. The van der Waals surface area contributed by atoms with Crippen molar-refractivity contribution in [2.24, 2.45) is 7.05 Å². The maximum atomic E-state index is 5.68. The highest BCUT2D eigenvalue weighted by Gasteiger charge is 2.05. The third-order valence-electron chi connectivity index (χ3n) is 2.69. The molecule has 1 aromatic carbocycles. The summed E-state index contributed by atoms with van der Waals surface area (Å²) in [5.41, 5.74) is 6.34. The van der Waals surface area contributed by atoms with Gasteiger partial charge in [0.2, 0.25) is 0 Å². The van der Waals surface area contributed by atoms with Crippen LogP contribution in [0.5, 0.6) is 11.5 Å². The first-order chi connectivity index (χ1) is 8.70. The molecule has 18 heavy (non-hydrogen) atoms. The first-order valence-electron chi connectivity index (χ1n) is 5.73. The van der Waals surface area contributed by atoms with Gasteiger partial charge in [-0.2, -0.15) is 0 Å². The molecular weight excluding hydrogens is 230 g/mol. The zero-order valence-corrected chi connectivity index (χ0v) is 10.6. The van der Waals surface area contributed by atoms with Crippen LogP contribution in [-0.4, -0.2) is 23.3 Å². The topological polar surface area (TPSA) is 62.3 Å². The van der Waals surface area contributed by atoms with Crippen molar-refractivity contribution in [1.29, 1.82) is 0 Å². The number of nitrogens with two attached hydrogens (primary N) is 1. The number of benzene rings is 1. The standard InChI is InChI=1S/C13H17N3O2/c1-16-7-6-15-13(16)5-8-18-11-4-3-10(14)9-12(11)17-2/h3-4,6-7,9H,5,8,14H2,1-2H3. The molecule has 0 bridgehead atoms. The van der Waals surface area contributed by atoms with Crippen LogP contribution in [-0.2, 0) is 13.5 Å². The van der Waals surface area contributed by atoms with Gasteiger partial charge >= 0.3 is 0 Å². The lowest BCUT2D eigenvalue weighted by atomic mass is 10.3. The number of aryl methyl sites for hydroxylation is 1. The lowest BCUT2D eigenvalue weighted by molar-refractivity contribution is 0.294. The fourth-order valence-corrected chi connectivity index (χ4v) is 1.69. The first-order valence-corrected chi connectivity index (χ1v) is 5.73. The number of rotatable bonds is 5. The van der Waals surface area contributed by atoms with Gasteiger partial charge in [0, 0.05) is 37.6 Å². The van der Waals surface area contributed by atoms with Crippen molar-refractivity contribution in [1.82, 2.24) is 9.55 Å². The highest BCUT2D eigenvalue weighted by atomic mass is 16.5. The second-order valence-corrected chi connectivity index (χ2v) is 3.96. The molecule has 0 saturated heterocycles. The number of hydrogen-bond donors (Lipinski definition) is 1. The number of ether oxygens (including phenoxy) is 2. The number of aromatic nitrogens is 2. The Balaban J connectivity index is 1.96.